The molecule has 2 atom stereocenters. The number of aryl methyl sites for hydroxylation is 1. The van der Waals surface area contributed by atoms with Crippen molar-refractivity contribution in [3.63, 3.8) is 0 Å². The predicted molar refractivity (Wildman–Crippen MR) is 159 cm³/mol. The maximum absolute atomic E-state index is 5.99. The lowest BCUT2D eigenvalue weighted by Crippen LogP contribution is -2.23. The summed E-state index contributed by atoms with van der Waals surface area (Å²) >= 11 is 0. The molecule has 0 saturated carbocycles. The molecule has 4 rings (SSSR count). The molecule has 0 N–H and O–H groups in total. The van der Waals surface area contributed by atoms with Crippen molar-refractivity contribution in [3.05, 3.63) is 83.0 Å². The van der Waals surface area contributed by atoms with Crippen molar-refractivity contribution in [2.75, 3.05) is 13.7 Å². The zero-order chi connectivity index (χ0) is 26.8. The molecule has 2 aliphatic rings. The van der Waals surface area contributed by atoms with E-state index < -0.39 is 0 Å². The summed E-state index contributed by atoms with van der Waals surface area (Å²) in [5.41, 5.74) is 5.77. The van der Waals surface area contributed by atoms with Gasteiger partial charge in [0.1, 0.15) is 11.5 Å². The molecule has 2 aliphatic carbocycles. The molecule has 2 heteroatoms. The van der Waals surface area contributed by atoms with Crippen LogP contribution >= 0.6 is 0 Å². The normalized spacial score (nSPS) is 17.5. The van der Waals surface area contributed by atoms with Crippen molar-refractivity contribution >= 4 is 0 Å². The van der Waals surface area contributed by atoms with E-state index in [2.05, 4.69) is 81.5 Å². The first-order chi connectivity index (χ1) is 17.7. The summed E-state index contributed by atoms with van der Waals surface area (Å²) in [5, 5.41) is 0. The molecule has 0 fully saturated rings. The van der Waals surface area contributed by atoms with E-state index in [0.29, 0.717) is 11.8 Å². The van der Waals surface area contributed by atoms with Gasteiger partial charge in [0.05, 0.1) is 13.7 Å². The third-order valence-corrected chi connectivity index (χ3v) is 6.27. The summed E-state index contributed by atoms with van der Waals surface area (Å²) in [7, 11) is 1.73. The zero-order valence-electron chi connectivity index (χ0n) is 24.4. The maximum Gasteiger partial charge on any atom is 0.119 e. The first-order valence-corrected chi connectivity index (χ1v) is 14.5. The van der Waals surface area contributed by atoms with Crippen molar-refractivity contribution in [2.45, 2.75) is 99.3 Å². The molecular formula is C34H52O2. The molecule has 200 valence electrons. The number of rotatable bonds is 7. The van der Waals surface area contributed by atoms with E-state index in [0.717, 1.165) is 43.8 Å². The molecular weight excluding hydrogens is 440 g/mol. The van der Waals surface area contributed by atoms with Gasteiger partial charge in [-0.15, -0.1) is 0 Å². The van der Waals surface area contributed by atoms with E-state index in [-0.39, 0.29) is 0 Å². The Morgan fingerprint density at radius 3 is 2.11 bits per heavy atom. The second-order valence-corrected chi connectivity index (χ2v) is 8.85. The Bertz CT molecular complexity index is 892. The molecule has 0 saturated heterocycles. The number of ether oxygens (including phenoxy) is 2. The molecule has 2 unspecified atom stereocenters. The molecule has 0 bridgehead atoms. The number of allylic oxidation sites excluding steroid dienone is 4. The van der Waals surface area contributed by atoms with E-state index >= 15 is 0 Å². The van der Waals surface area contributed by atoms with E-state index in [1.807, 2.05) is 27.7 Å². The number of unbranched alkanes of at least 4 members (excludes halogenated alkanes) is 1. The minimum Gasteiger partial charge on any atom is -0.497 e. The number of hydrogen-bond donors (Lipinski definition) is 0. The first-order valence-electron chi connectivity index (χ1n) is 14.5. The molecule has 0 aliphatic heterocycles. The van der Waals surface area contributed by atoms with Crippen LogP contribution in [0.1, 0.15) is 110 Å². The number of methoxy groups -OCH3 is 1. The fourth-order valence-electron chi connectivity index (χ4n) is 4.71. The Morgan fingerprint density at radius 2 is 1.53 bits per heavy atom. The summed E-state index contributed by atoms with van der Waals surface area (Å²) in [4.78, 5) is 0. The molecule has 2 nitrogen and oxygen atoms in total. The third kappa shape index (κ3) is 9.19. The molecule has 36 heavy (non-hydrogen) atoms. The highest BCUT2D eigenvalue weighted by molar-refractivity contribution is 5.48. The van der Waals surface area contributed by atoms with Gasteiger partial charge in [-0.2, -0.15) is 0 Å². The standard InChI is InChI=1S/C27H32O2.C3H8.2C2H6/c1-3-4-18-29-24-15-17-26-22(19-24)12-16-25(20-8-6-5-7-9-20)27(26)21-10-13-23(28-2)14-11-21;1-3-2;2*1-2/h6,8-11,13-15,17,19,25,27H,3-5,7,12,16,18H2,1-2H3;3H2,1-2H3;2*1-2H3. The second kappa shape index (κ2) is 18.7. The molecule has 0 amide bonds. The minimum absolute atomic E-state index is 0.378. The van der Waals surface area contributed by atoms with E-state index in [1.165, 1.54) is 41.5 Å². The van der Waals surface area contributed by atoms with E-state index in [4.69, 9.17) is 9.47 Å². The Morgan fingerprint density at radius 1 is 0.861 bits per heavy atom. The lowest BCUT2D eigenvalue weighted by atomic mass is 9.68. The fraction of sp³-hybridized carbons (Fsp3) is 0.529. The van der Waals surface area contributed by atoms with Gasteiger partial charge in [0, 0.05) is 5.92 Å². The van der Waals surface area contributed by atoms with Crippen molar-refractivity contribution in [3.8, 4) is 11.5 Å². The van der Waals surface area contributed by atoms with Crippen LogP contribution in [0.3, 0.4) is 0 Å². The second-order valence-electron chi connectivity index (χ2n) is 8.85. The number of hydrogen-bond acceptors (Lipinski definition) is 2. The van der Waals surface area contributed by atoms with Crippen LogP contribution in [-0.2, 0) is 6.42 Å². The Kier molecular flexibility index (Phi) is 16.4. The third-order valence-electron chi connectivity index (χ3n) is 6.27. The smallest absolute Gasteiger partial charge is 0.119 e. The maximum atomic E-state index is 5.99. The van der Waals surface area contributed by atoms with Gasteiger partial charge in [-0.3, -0.25) is 0 Å². The summed E-state index contributed by atoms with van der Waals surface area (Å²) in [6.07, 6.45) is 15.3. The van der Waals surface area contributed by atoms with Crippen molar-refractivity contribution in [1.82, 2.24) is 0 Å². The minimum atomic E-state index is 0.378. The number of benzene rings is 2. The van der Waals surface area contributed by atoms with Crippen molar-refractivity contribution < 1.29 is 9.47 Å². The summed E-state index contributed by atoms with van der Waals surface area (Å²) < 4.78 is 11.4. The highest BCUT2D eigenvalue weighted by Crippen LogP contribution is 2.46. The van der Waals surface area contributed by atoms with Crippen LogP contribution in [0, 0.1) is 5.92 Å². The Hall–Kier alpha value is -2.48. The highest BCUT2D eigenvalue weighted by Gasteiger charge is 2.33. The Labute approximate surface area is 222 Å². The van der Waals surface area contributed by atoms with Crippen LogP contribution in [0.15, 0.2) is 66.3 Å². The molecule has 0 aromatic heterocycles. The zero-order valence-corrected chi connectivity index (χ0v) is 24.4. The van der Waals surface area contributed by atoms with Crippen molar-refractivity contribution in [2.24, 2.45) is 5.92 Å². The quantitative estimate of drug-likeness (QED) is 0.358. The van der Waals surface area contributed by atoms with Crippen molar-refractivity contribution in [1.29, 1.82) is 0 Å². The van der Waals surface area contributed by atoms with Gasteiger partial charge in [-0.25, -0.2) is 0 Å². The van der Waals surface area contributed by atoms with Gasteiger partial charge in [0.25, 0.3) is 0 Å². The highest BCUT2D eigenvalue weighted by atomic mass is 16.5. The van der Waals surface area contributed by atoms with Crippen LogP contribution in [0.25, 0.3) is 0 Å². The van der Waals surface area contributed by atoms with Crippen LogP contribution in [-0.4, -0.2) is 13.7 Å². The Balaban J connectivity index is 0.000000844. The molecule has 0 spiro atoms. The summed E-state index contributed by atoms with van der Waals surface area (Å²) in [6, 6.07) is 15.4. The molecule has 2 aromatic rings. The van der Waals surface area contributed by atoms with Gasteiger partial charge >= 0.3 is 0 Å². The van der Waals surface area contributed by atoms with E-state index in [1.54, 1.807) is 7.11 Å². The average Bonchev–Trinajstić information content (AvgIpc) is 2.95. The molecule has 2 aromatic carbocycles. The first kappa shape index (κ1) is 31.5. The summed E-state index contributed by atoms with van der Waals surface area (Å²) in [6.45, 7) is 15.3. The van der Waals surface area contributed by atoms with Gasteiger partial charge in [-0.05, 0) is 84.6 Å². The SMILES string of the molecule is CC.CC.CCC.CCCCOc1ccc2c(c1)CCC(C1=CCCC=C1)C2c1ccc(OC)cc1. The lowest BCUT2D eigenvalue weighted by Gasteiger charge is -2.36. The molecule has 0 radical (unpaired) electrons. The van der Waals surface area contributed by atoms with Gasteiger partial charge in [0.15, 0.2) is 0 Å². The van der Waals surface area contributed by atoms with Gasteiger partial charge < -0.3 is 9.47 Å². The van der Waals surface area contributed by atoms with Crippen LogP contribution < -0.4 is 9.47 Å². The van der Waals surface area contributed by atoms with Gasteiger partial charge in [0.2, 0.25) is 0 Å². The molecule has 0 heterocycles. The number of fused-ring (bicyclic) bond motifs is 1. The monoisotopic (exact) mass is 492 g/mol. The predicted octanol–water partition coefficient (Wildman–Crippen LogP) is 10.3. The topological polar surface area (TPSA) is 18.5 Å². The largest absolute Gasteiger partial charge is 0.497 e. The van der Waals surface area contributed by atoms with Crippen LogP contribution in [0.5, 0.6) is 11.5 Å². The van der Waals surface area contributed by atoms with E-state index in [9.17, 15) is 0 Å². The van der Waals surface area contributed by atoms with Crippen LogP contribution in [0.4, 0.5) is 0 Å². The lowest BCUT2D eigenvalue weighted by molar-refractivity contribution is 0.308. The van der Waals surface area contributed by atoms with Gasteiger partial charge in [-0.1, -0.05) is 97.7 Å². The summed E-state index contributed by atoms with van der Waals surface area (Å²) in [5.74, 6) is 2.83. The average molecular weight is 493 g/mol. The fourth-order valence-corrected chi connectivity index (χ4v) is 4.71. The van der Waals surface area contributed by atoms with Crippen LogP contribution in [0.2, 0.25) is 0 Å².